The van der Waals surface area contributed by atoms with Crippen molar-refractivity contribution in [2.75, 3.05) is 33.7 Å². The van der Waals surface area contributed by atoms with E-state index in [-0.39, 0.29) is 16.1 Å². The Morgan fingerprint density at radius 3 is 2.48 bits per heavy atom. The first-order chi connectivity index (χ1) is 9.88. The van der Waals surface area contributed by atoms with Crippen LogP contribution in [0.4, 0.5) is 5.69 Å². The molecule has 0 bridgehead atoms. The largest absolute Gasteiger partial charge is 0.337 e. The Kier molecular flexibility index (Phi) is 6.77. The van der Waals surface area contributed by atoms with Gasteiger partial charge in [-0.25, -0.2) is 0 Å². The van der Waals surface area contributed by atoms with E-state index in [4.69, 9.17) is 0 Å². The van der Waals surface area contributed by atoms with Crippen molar-refractivity contribution in [3.63, 3.8) is 0 Å². The second-order valence-electron chi connectivity index (χ2n) is 4.99. The molecule has 0 saturated carbocycles. The molecule has 0 N–H and O–H groups in total. The SMILES string of the molecule is CCCN(CCN(C)C)C(=O)c1cccc([N+](=O)[O-])c1Br. The molecule has 0 radical (unpaired) electrons. The molecule has 116 valence electrons. The van der Waals surface area contributed by atoms with Crippen molar-refractivity contribution in [2.45, 2.75) is 13.3 Å². The Bertz CT molecular complexity index is 520. The number of halogens is 1. The summed E-state index contributed by atoms with van der Waals surface area (Å²) in [5, 5.41) is 11.0. The van der Waals surface area contributed by atoms with Crippen LogP contribution in [0.5, 0.6) is 0 Å². The normalized spacial score (nSPS) is 10.7. The molecule has 0 heterocycles. The van der Waals surface area contributed by atoms with E-state index < -0.39 is 4.92 Å². The molecule has 1 rings (SSSR count). The Morgan fingerprint density at radius 1 is 1.29 bits per heavy atom. The third-order valence-corrected chi connectivity index (χ3v) is 3.84. The maximum atomic E-state index is 12.6. The number of rotatable bonds is 7. The number of benzene rings is 1. The van der Waals surface area contributed by atoms with Crippen molar-refractivity contribution in [3.8, 4) is 0 Å². The summed E-state index contributed by atoms with van der Waals surface area (Å²) >= 11 is 3.18. The van der Waals surface area contributed by atoms with Gasteiger partial charge in [-0.2, -0.15) is 0 Å². The molecular formula is C14H20BrN3O3. The second-order valence-corrected chi connectivity index (χ2v) is 5.78. The lowest BCUT2D eigenvalue weighted by Gasteiger charge is -2.24. The summed E-state index contributed by atoms with van der Waals surface area (Å²) in [6.45, 7) is 3.97. The van der Waals surface area contributed by atoms with E-state index in [1.807, 2.05) is 25.9 Å². The van der Waals surface area contributed by atoms with Gasteiger partial charge in [0.05, 0.1) is 10.5 Å². The highest BCUT2D eigenvalue weighted by atomic mass is 79.9. The van der Waals surface area contributed by atoms with Crippen LogP contribution in [-0.2, 0) is 0 Å². The van der Waals surface area contributed by atoms with Gasteiger partial charge in [0.1, 0.15) is 4.47 Å². The van der Waals surface area contributed by atoms with Crippen molar-refractivity contribution in [2.24, 2.45) is 0 Å². The summed E-state index contributed by atoms with van der Waals surface area (Å²) < 4.78 is 0.242. The maximum absolute atomic E-state index is 12.6. The summed E-state index contributed by atoms with van der Waals surface area (Å²) in [7, 11) is 3.88. The quantitative estimate of drug-likeness (QED) is 0.555. The molecule has 1 aromatic rings. The fourth-order valence-electron chi connectivity index (χ4n) is 1.90. The highest BCUT2D eigenvalue weighted by Crippen LogP contribution is 2.29. The minimum atomic E-state index is -0.495. The summed E-state index contributed by atoms with van der Waals surface area (Å²) in [4.78, 5) is 26.8. The van der Waals surface area contributed by atoms with Gasteiger partial charge in [0, 0.05) is 25.7 Å². The third-order valence-electron chi connectivity index (χ3n) is 3.00. The van der Waals surface area contributed by atoms with Gasteiger partial charge in [-0.05, 0) is 42.5 Å². The van der Waals surface area contributed by atoms with Crippen LogP contribution in [0.3, 0.4) is 0 Å². The van der Waals surface area contributed by atoms with Gasteiger partial charge in [0.25, 0.3) is 11.6 Å². The molecule has 0 unspecified atom stereocenters. The zero-order valence-electron chi connectivity index (χ0n) is 12.5. The molecule has 0 atom stereocenters. The number of carbonyl (C=O) groups is 1. The first-order valence-electron chi connectivity index (χ1n) is 6.75. The van der Waals surface area contributed by atoms with Gasteiger partial charge in [0.15, 0.2) is 0 Å². The van der Waals surface area contributed by atoms with E-state index in [1.54, 1.807) is 11.0 Å². The number of nitro benzene ring substituents is 1. The summed E-state index contributed by atoms with van der Waals surface area (Å²) in [6.07, 6.45) is 0.839. The van der Waals surface area contributed by atoms with E-state index in [0.717, 1.165) is 13.0 Å². The van der Waals surface area contributed by atoms with Gasteiger partial charge in [-0.3, -0.25) is 14.9 Å². The molecule has 0 aliphatic heterocycles. The van der Waals surface area contributed by atoms with E-state index in [1.165, 1.54) is 12.1 Å². The lowest BCUT2D eigenvalue weighted by molar-refractivity contribution is -0.385. The molecule has 1 aromatic carbocycles. The molecule has 0 aliphatic carbocycles. The fourth-order valence-corrected chi connectivity index (χ4v) is 2.48. The predicted molar refractivity (Wildman–Crippen MR) is 85.5 cm³/mol. The molecule has 7 heteroatoms. The van der Waals surface area contributed by atoms with Crippen LogP contribution >= 0.6 is 15.9 Å². The van der Waals surface area contributed by atoms with E-state index >= 15 is 0 Å². The van der Waals surface area contributed by atoms with Crippen molar-refractivity contribution in [1.82, 2.24) is 9.80 Å². The molecule has 6 nitrogen and oxygen atoms in total. The summed E-state index contributed by atoms with van der Waals surface area (Å²) in [6, 6.07) is 4.52. The lowest BCUT2D eigenvalue weighted by Crippen LogP contribution is -2.37. The van der Waals surface area contributed by atoms with E-state index in [2.05, 4.69) is 15.9 Å². The average Bonchev–Trinajstić information content (AvgIpc) is 2.42. The minimum absolute atomic E-state index is 0.0927. The topological polar surface area (TPSA) is 66.7 Å². The number of hydrogen-bond donors (Lipinski definition) is 0. The number of nitrogens with zero attached hydrogens (tertiary/aromatic N) is 3. The first-order valence-corrected chi connectivity index (χ1v) is 7.54. The number of carbonyl (C=O) groups excluding carboxylic acids is 1. The molecular weight excluding hydrogens is 338 g/mol. The Labute approximate surface area is 133 Å². The molecule has 0 aromatic heterocycles. The van der Waals surface area contributed by atoms with Crippen LogP contribution in [0.25, 0.3) is 0 Å². The molecule has 0 spiro atoms. The summed E-state index contributed by atoms with van der Waals surface area (Å²) in [5.74, 6) is -0.186. The van der Waals surface area contributed by atoms with Crippen molar-refractivity contribution < 1.29 is 9.72 Å². The predicted octanol–water partition coefficient (Wildman–Crippen LogP) is 2.77. The third kappa shape index (κ3) is 4.78. The highest BCUT2D eigenvalue weighted by Gasteiger charge is 2.23. The monoisotopic (exact) mass is 357 g/mol. The number of nitro groups is 1. The van der Waals surface area contributed by atoms with Crippen molar-refractivity contribution >= 4 is 27.5 Å². The van der Waals surface area contributed by atoms with Crippen molar-refractivity contribution in [3.05, 3.63) is 38.3 Å². The zero-order chi connectivity index (χ0) is 16.0. The number of hydrogen-bond acceptors (Lipinski definition) is 4. The van der Waals surface area contributed by atoms with Crippen LogP contribution in [-0.4, -0.2) is 54.4 Å². The zero-order valence-corrected chi connectivity index (χ0v) is 14.1. The molecule has 0 fully saturated rings. The van der Waals surface area contributed by atoms with Gasteiger partial charge in [-0.15, -0.1) is 0 Å². The molecule has 0 aliphatic rings. The standard InChI is InChI=1S/C14H20BrN3O3/c1-4-8-17(10-9-16(2)3)14(19)11-6-5-7-12(13(11)15)18(20)21/h5-7H,4,8-10H2,1-3H3. The molecule has 1 amide bonds. The Hall–Kier alpha value is -1.47. The van der Waals surface area contributed by atoms with Crippen LogP contribution in [0.1, 0.15) is 23.7 Å². The number of amides is 1. The highest BCUT2D eigenvalue weighted by molar-refractivity contribution is 9.10. The van der Waals surface area contributed by atoms with Gasteiger partial charge in [0.2, 0.25) is 0 Å². The molecule has 0 saturated heterocycles. The summed E-state index contributed by atoms with van der Waals surface area (Å²) in [5.41, 5.74) is 0.237. The van der Waals surface area contributed by atoms with E-state index in [0.29, 0.717) is 18.7 Å². The van der Waals surface area contributed by atoms with Crippen LogP contribution in [0.15, 0.2) is 22.7 Å². The average molecular weight is 358 g/mol. The second kappa shape index (κ2) is 8.09. The van der Waals surface area contributed by atoms with Gasteiger partial charge >= 0.3 is 0 Å². The minimum Gasteiger partial charge on any atom is -0.337 e. The van der Waals surface area contributed by atoms with Crippen LogP contribution in [0, 0.1) is 10.1 Å². The fraction of sp³-hybridized carbons (Fsp3) is 0.500. The number of likely N-dealkylation sites (N-methyl/N-ethyl adjacent to an activating group) is 1. The first kappa shape index (κ1) is 17.6. The van der Waals surface area contributed by atoms with Crippen molar-refractivity contribution in [1.29, 1.82) is 0 Å². The van der Waals surface area contributed by atoms with Gasteiger partial charge < -0.3 is 9.80 Å². The Balaban J connectivity index is 3.03. The van der Waals surface area contributed by atoms with Crippen LogP contribution in [0.2, 0.25) is 0 Å². The molecule has 21 heavy (non-hydrogen) atoms. The van der Waals surface area contributed by atoms with E-state index in [9.17, 15) is 14.9 Å². The smallest absolute Gasteiger partial charge is 0.284 e. The maximum Gasteiger partial charge on any atom is 0.284 e. The lowest BCUT2D eigenvalue weighted by atomic mass is 10.1. The van der Waals surface area contributed by atoms with Crippen LogP contribution < -0.4 is 0 Å². The Morgan fingerprint density at radius 2 is 1.95 bits per heavy atom. The van der Waals surface area contributed by atoms with Gasteiger partial charge in [-0.1, -0.05) is 13.0 Å².